The molecule has 0 fully saturated rings. The Bertz CT molecular complexity index is 647. The summed E-state index contributed by atoms with van der Waals surface area (Å²) in [5.41, 5.74) is 0.390. The summed E-state index contributed by atoms with van der Waals surface area (Å²) in [6.45, 7) is 1.89. The molecule has 134 valence electrons. The lowest BCUT2D eigenvalue weighted by Crippen LogP contribution is -2.28. The van der Waals surface area contributed by atoms with Crippen molar-refractivity contribution < 1.29 is 19.0 Å². The standard InChI is InChI=1S/C17H22N4O4/c1-23-9-7-19-17-20-11-13(12-21-17)16(22)18-8-10-25-15-5-3-14(24-2)4-6-15/h3-6,11-12H,7-10H2,1-2H3,(H,18,22)(H,19,20,21). The second-order valence-corrected chi connectivity index (χ2v) is 4.99. The summed E-state index contributed by atoms with van der Waals surface area (Å²) >= 11 is 0. The van der Waals surface area contributed by atoms with Gasteiger partial charge in [0.15, 0.2) is 0 Å². The minimum absolute atomic E-state index is 0.248. The molecule has 2 N–H and O–H groups in total. The molecule has 0 aliphatic heterocycles. The quantitative estimate of drug-likeness (QED) is 0.627. The number of benzene rings is 1. The molecule has 2 rings (SSSR count). The molecule has 1 heterocycles. The normalized spacial score (nSPS) is 10.2. The Kier molecular flexibility index (Phi) is 7.45. The highest BCUT2D eigenvalue weighted by Gasteiger charge is 2.06. The Labute approximate surface area is 146 Å². The van der Waals surface area contributed by atoms with Crippen LogP contribution in [0.5, 0.6) is 11.5 Å². The highest BCUT2D eigenvalue weighted by Crippen LogP contribution is 2.16. The van der Waals surface area contributed by atoms with E-state index in [9.17, 15) is 4.79 Å². The number of hydrogen-bond acceptors (Lipinski definition) is 7. The van der Waals surface area contributed by atoms with Crippen LogP contribution in [-0.2, 0) is 4.74 Å². The van der Waals surface area contributed by atoms with E-state index < -0.39 is 0 Å². The van der Waals surface area contributed by atoms with Gasteiger partial charge in [0.2, 0.25) is 5.95 Å². The van der Waals surface area contributed by atoms with Gasteiger partial charge >= 0.3 is 0 Å². The third-order valence-electron chi connectivity index (χ3n) is 3.22. The third kappa shape index (κ3) is 6.27. The number of carbonyl (C=O) groups is 1. The van der Waals surface area contributed by atoms with Crippen LogP contribution in [0.2, 0.25) is 0 Å². The lowest BCUT2D eigenvalue weighted by molar-refractivity contribution is 0.0946. The van der Waals surface area contributed by atoms with Crippen molar-refractivity contribution in [1.82, 2.24) is 15.3 Å². The van der Waals surface area contributed by atoms with Crippen LogP contribution in [0.1, 0.15) is 10.4 Å². The van der Waals surface area contributed by atoms with E-state index >= 15 is 0 Å². The first-order valence-corrected chi connectivity index (χ1v) is 7.83. The first-order valence-electron chi connectivity index (χ1n) is 7.83. The molecule has 25 heavy (non-hydrogen) atoms. The van der Waals surface area contributed by atoms with Gasteiger partial charge in [-0.25, -0.2) is 9.97 Å². The molecular formula is C17H22N4O4. The second kappa shape index (κ2) is 10.1. The zero-order chi connectivity index (χ0) is 17.9. The summed E-state index contributed by atoms with van der Waals surface area (Å²) in [7, 11) is 3.23. The number of nitrogens with zero attached hydrogens (tertiary/aromatic N) is 2. The maximum Gasteiger partial charge on any atom is 0.254 e. The molecule has 0 saturated carbocycles. The van der Waals surface area contributed by atoms with Gasteiger partial charge in [-0.05, 0) is 24.3 Å². The number of anilines is 1. The summed E-state index contributed by atoms with van der Waals surface area (Å²) in [5, 5.41) is 5.74. The zero-order valence-electron chi connectivity index (χ0n) is 14.3. The van der Waals surface area contributed by atoms with Crippen LogP contribution >= 0.6 is 0 Å². The average molecular weight is 346 g/mol. The number of amides is 1. The lowest BCUT2D eigenvalue weighted by Gasteiger charge is -2.08. The molecule has 0 bridgehead atoms. The first-order chi connectivity index (χ1) is 12.2. The van der Waals surface area contributed by atoms with Crippen molar-refractivity contribution in [2.24, 2.45) is 0 Å². The van der Waals surface area contributed by atoms with E-state index in [1.165, 1.54) is 12.4 Å². The summed E-state index contributed by atoms with van der Waals surface area (Å²) in [6, 6.07) is 7.24. The highest BCUT2D eigenvalue weighted by atomic mass is 16.5. The van der Waals surface area contributed by atoms with Crippen molar-refractivity contribution in [2.75, 3.05) is 45.8 Å². The number of nitrogens with one attached hydrogen (secondary N) is 2. The number of aromatic nitrogens is 2. The fourth-order valence-corrected chi connectivity index (χ4v) is 1.91. The highest BCUT2D eigenvalue weighted by molar-refractivity contribution is 5.93. The maximum absolute atomic E-state index is 12.0. The predicted octanol–water partition coefficient (Wildman–Crippen LogP) is 1.35. The molecule has 1 aromatic heterocycles. The number of hydrogen-bond donors (Lipinski definition) is 2. The van der Waals surface area contributed by atoms with Crippen LogP contribution in [0.25, 0.3) is 0 Å². The van der Waals surface area contributed by atoms with Crippen LogP contribution in [0, 0.1) is 0 Å². The van der Waals surface area contributed by atoms with Crippen LogP contribution < -0.4 is 20.1 Å². The van der Waals surface area contributed by atoms with Crippen molar-refractivity contribution in [1.29, 1.82) is 0 Å². The minimum atomic E-state index is -0.248. The van der Waals surface area contributed by atoms with Crippen molar-refractivity contribution in [2.45, 2.75) is 0 Å². The topological polar surface area (TPSA) is 94.6 Å². The van der Waals surface area contributed by atoms with Gasteiger partial charge < -0.3 is 24.8 Å². The predicted molar refractivity (Wildman–Crippen MR) is 93.2 cm³/mol. The summed E-state index contributed by atoms with van der Waals surface area (Å²) in [5.74, 6) is 1.68. The van der Waals surface area contributed by atoms with E-state index in [2.05, 4.69) is 20.6 Å². The van der Waals surface area contributed by atoms with Gasteiger partial charge in [0.1, 0.15) is 18.1 Å². The van der Waals surface area contributed by atoms with Gasteiger partial charge in [-0.1, -0.05) is 0 Å². The third-order valence-corrected chi connectivity index (χ3v) is 3.22. The van der Waals surface area contributed by atoms with Gasteiger partial charge in [0.05, 0.1) is 25.8 Å². The van der Waals surface area contributed by atoms with Crippen molar-refractivity contribution >= 4 is 11.9 Å². The van der Waals surface area contributed by atoms with Crippen LogP contribution in [-0.4, -0.2) is 56.4 Å². The Morgan fingerprint density at radius 1 is 1.00 bits per heavy atom. The molecule has 0 aliphatic carbocycles. The fraction of sp³-hybridized carbons (Fsp3) is 0.353. The molecule has 0 unspecified atom stereocenters. The number of carbonyl (C=O) groups excluding carboxylic acids is 1. The molecule has 8 nitrogen and oxygen atoms in total. The molecule has 0 atom stereocenters. The smallest absolute Gasteiger partial charge is 0.254 e. The molecule has 0 saturated heterocycles. The van der Waals surface area contributed by atoms with Gasteiger partial charge in [0.25, 0.3) is 5.91 Å². The van der Waals surface area contributed by atoms with E-state index in [-0.39, 0.29) is 5.91 Å². The Balaban J connectivity index is 1.70. The SMILES string of the molecule is COCCNc1ncc(C(=O)NCCOc2ccc(OC)cc2)cn1. The Morgan fingerprint density at radius 2 is 1.68 bits per heavy atom. The van der Waals surface area contributed by atoms with Crippen LogP contribution in [0.4, 0.5) is 5.95 Å². The molecule has 2 aromatic rings. The summed E-state index contributed by atoms with van der Waals surface area (Å²) in [6.07, 6.45) is 2.95. The van der Waals surface area contributed by atoms with E-state index in [1.54, 1.807) is 14.2 Å². The second-order valence-electron chi connectivity index (χ2n) is 4.99. The summed E-state index contributed by atoms with van der Waals surface area (Å²) < 4.78 is 15.5. The van der Waals surface area contributed by atoms with E-state index in [0.29, 0.717) is 43.6 Å². The minimum Gasteiger partial charge on any atom is -0.497 e. The average Bonchev–Trinajstić information content (AvgIpc) is 2.66. The molecule has 8 heteroatoms. The van der Waals surface area contributed by atoms with Gasteiger partial charge in [-0.15, -0.1) is 0 Å². The molecule has 1 aromatic carbocycles. The number of rotatable bonds is 10. The van der Waals surface area contributed by atoms with Crippen LogP contribution in [0.3, 0.4) is 0 Å². The number of methoxy groups -OCH3 is 2. The van der Waals surface area contributed by atoms with E-state index in [0.717, 1.165) is 5.75 Å². The van der Waals surface area contributed by atoms with Gasteiger partial charge in [-0.2, -0.15) is 0 Å². The number of ether oxygens (including phenoxy) is 3. The molecule has 0 radical (unpaired) electrons. The lowest BCUT2D eigenvalue weighted by atomic mass is 10.3. The summed E-state index contributed by atoms with van der Waals surface area (Å²) in [4.78, 5) is 20.2. The first kappa shape index (κ1) is 18.5. The van der Waals surface area contributed by atoms with E-state index in [4.69, 9.17) is 14.2 Å². The zero-order valence-corrected chi connectivity index (χ0v) is 14.3. The van der Waals surface area contributed by atoms with E-state index in [1.807, 2.05) is 24.3 Å². The molecular weight excluding hydrogens is 324 g/mol. The fourth-order valence-electron chi connectivity index (χ4n) is 1.91. The van der Waals surface area contributed by atoms with Crippen molar-refractivity contribution in [3.8, 4) is 11.5 Å². The van der Waals surface area contributed by atoms with Crippen molar-refractivity contribution in [3.63, 3.8) is 0 Å². The largest absolute Gasteiger partial charge is 0.497 e. The Morgan fingerprint density at radius 3 is 2.32 bits per heavy atom. The Hall–Kier alpha value is -2.87. The van der Waals surface area contributed by atoms with Crippen LogP contribution in [0.15, 0.2) is 36.7 Å². The van der Waals surface area contributed by atoms with Gasteiger partial charge in [0, 0.05) is 26.0 Å². The molecule has 0 spiro atoms. The molecule has 1 amide bonds. The monoisotopic (exact) mass is 346 g/mol. The maximum atomic E-state index is 12.0. The molecule has 0 aliphatic rings. The van der Waals surface area contributed by atoms with Gasteiger partial charge in [-0.3, -0.25) is 4.79 Å². The van der Waals surface area contributed by atoms with Crippen molar-refractivity contribution in [3.05, 3.63) is 42.2 Å².